The number of sulfonamides is 1. The van der Waals surface area contributed by atoms with Gasteiger partial charge < -0.3 is 14.7 Å². The molecule has 7 rings (SSSR count). The van der Waals surface area contributed by atoms with Crippen LogP contribution in [0.5, 0.6) is 5.75 Å². The van der Waals surface area contributed by atoms with E-state index in [-0.39, 0.29) is 17.3 Å². The first-order valence-electron chi connectivity index (χ1n) is 17.6. The van der Waals surface area contributed by atoms with Crippen molar-refractivity contribution in [1.29, 1.82) is 0 Å². The molecule has 7 nitrogen and oxygen atoms in total. The molecule has 0 unspecified atom stereocenters. The first-order chi connectivity index (χ1) is 23.0. The van der Waals surface area contributed by atoms with E-state index in [1.54, 1.807) is 13.0 Å². The number of nitrogens with one attached hydrogen (secondary N) is 1. The number of nitrogens with zero attached hydrogens (tertiary/aromatic N) is 1. The number of hydrogen-bond donors (Lipinski definition) is 2. The fraction of sp³-hybridized carbons (Fsp3) is 0.513. The molecular formula is C39H47ClN2O5S. The van der Waals surface area contributed by atoms with E-state index in [0.29, 0.717) is 42.7 Å². The molecule has 0 aromatic heterocycles. The van der Waals surface area contributed by atoms with Crippen molar-refractivity contribution in [3.05, 3.63) is 94.0 Å². The van der Waals surface area contributed by atoms with Gasteiger partial charge in [-0.2, -0.15) is 0 Å². The second-order valence-electron chi connectivity index (χ2n) is 14.9. The molecule has 0 saturated heterocycles. The van der Waals surface area contributed by atoms with Crippen LogP contribution in [0.3, 0.4) is 0 Å². The van der Waals surface area contributed by atoms with Crippen LogP contribution in [0.4, 0.5) is 5.69 Å². The monoisotopic (exact) mass is 690 g/mol. The Morgan fingerprint density at radius 3 is 2.58 bits per heavy atom. The number of anilines is 1. The van der Waals surface area contributed by atoms with E-state index in [4.69, 9.17) is 16.3 Å². The number of benzene rings is 3. The van der Waals surface area contributed by atoms with Crippen molar-refractivity contribution in [2.45, 2.75) is 82.0 Å². The normalized spacial score (nSPS) is 30.9. The highest BCUT2D eigenvalue weighted by atomic mass is 35.5. The van der Waals surface area contributed by atoms with Crippen LogP contribution in [0.2, 0.25) is 5.02 Å². The third-order valence-electron chi connectivity index (χ3n) is 12.0. The average Bonchev–Trinajstić information content (AvgIpc) is 3.21. The van der Waals surface area contributed by atoms with Crippen molar-refractivity contribution in [1.82, 2.24) is 4.72 Å². The standard InChI is InChI=1S/C39H47ClN2O5S/c1-25-8-6-12-33(37(43)27-9-4-3-5-10-27)32-16-13-30(32)22-42-23-39(19-7-11-28-20-31(40)15-17-34(28)39)24-47-36-18-14-29(21-35(36)42)38(44)41-48(45,46)26(25)2/h3-5,9-10,14-15,17-18,20-21,25-26,30,32-33,37,43H,6-8,11-13,16,19,22-24H2,1-2H3,(H,41,44)/t25-,26+,30-,32+,33-,37+,39-/m0/s1. The summed E-state index contributed by atoms with van der Waals surface area (Å²) in [5.41, 5.74) is 4.32. The van der Waals surface area contributed by atoms with Crippen LogP contribution in [0.25, 0.3) is 0 Å². The molecule has 2 heterocycles. The van der Waals surface area contributed by atoms with Crippen LogP contribution in [0.1, 0.15) is 91.9 Å². The molecule has 7 atom stereocenters. The first kappa shape index (κ1) is 33.4. The number of ether oxygens (including phenoxy) is 1. The maximum atomic E-state index is 13.5. The summed E-state index contributed by atoms with van der Waals surface area (Å²) in [4.78, 5) is 15.9. The molecule has 2 bridgehead atoms. The number of amides is 1. The third-order valence-corrected chi connectivity index (χ3v) is 14.2. The maximum Gasteiger partial charge on any atom is 0.264 e. The number of aliphatic hydroxyl groups excluding tert-OH is 1. The molecule has 1 spiro atoms. The SMILES string of the molecule is C[C@@H]1[C@@H](C)CCC[C@H]([C@H](O)c2ccccc2)[C@@H]2CC[C@H]2CN2C[C@@]3(CCCc4cc(Cl)ccc43)COc3ccc(cc32)C(=O)NS1(=O)=O. The van der Waals surface area contributed by atoms with E-state index >= 15 is 0 Å². The van der Waals surface area contributed by atoms with E-state index in [1.807, 2.05) is 55.5 Å². The summed E-state index contributed by atoms with van der Waals surface area (Å²) in [7, 11) is -3.92. The van der Waals surface area contributed by atoms with Crippen LogP contribution in [0.15, 0.2) is 66.7 Å². The predicted octanol–water partition coefficient (Wildman–Crippen LogP) is 7.46. The van der Waals surface area contributed by atoms with Crippen molar-refractivity contribution >= 4 is 33.2 Å². The third kappa shape index (κ3) is 6.36. The molecule has 2 aliphatic carbocycles. The Kier molecular flexibility index (Phi) is 9.28. The first-order valence-corrected chi connectivity index (χ1v) is 19.6. The number of rotatable bonds is 2. The minimum Gasteiger partial charge on any atom is -0.490 e. The van der Waals surface area contributed by atoms with Gasteiger partial charge in [0.05, 0.1) is 23.6 Å². The maximum absolute atomic E-state index is 13.5. The Morgan fingerprint density at radius 2 is 1.81 bits per heavy atom. The van der Waals surface area contributed by atoms with Crippen LogP contribution < -0.4 is 14.4 Å². The molecule has 3 aromatic carbocycles. The second kappa shape index (κ2) is 13.3. The Morgan fingerprint density at radius 1 is 1.00 bits per heavy atom. The Hall–Kier alpha value is -3.07. The van der Waals surface area contributed by atoms with Gasteiger partial charge in [0.1, 0.15) is 5.75 Å². The van der Waals surface area contributed by atoms with Crippen molar-refractivity contribution in [2.24, 2.45) is 23.7 Å². The van der Waals surface area contributed by atoms with Crippen molar-refractivity contribution in [2.75, 3.05) is 24.6 Å². The van der Waals surface area contributed by atoms with Crippen LogP contribution in [-0.2, 0) is 21.9 Å². The average molecular weight is 691 g/mol. The summed E-state index contributed by atoms with van der Waals surface area (Å²) in [6, 6.07) is 21.5. The Labute approximate surface area is 290 Å². The molecule has 48 heavy (non-hydrogen) atoms. The molecule has 3 aromatic rings. The van der Waals surface area contributed by atoms with Gasteiger partial charge in [0.15, 0.2) is 0 Å². The summed E-state index contributed by atoms with van der Waals surface area (Å²) in [6.07, 6.45) is 6.80. The number of carbonyl (C=O) groups excluding carboxylic acids is 1. The quantitative estimate of drug-likeness (QED) is 0.290. The van der Waals surface area contributed by atoms with Gasteiger partial charge in [-0.25, -0.2) is 13.1 Å². The molecule has 1 fully saturated rings. The van der Waals surface area contributed by atoms with Crippen LogP contribution in [-0.4, -0.2) is 44.4 Å². The van der Waals surface area contributed by atoms with Crippen molar-refractivity contribution in [3.63, 3.8) is 0 Å². The molecule has 1 amide bonds. The largest absolute Gasteiger partial charge is 0.490 e. The van der Waals surface area contributed by atoms with E-state index in [2.05, 4.69) is 21.8 Å². The van der Waals surface area contributed by atoms with Gasteiger partial charge in [-0.05, 0) is 123 Å². The fourth-order valence-electron chi connectivity index (χ4n) is 8.92. The van der Waals surface area contributed by atoms with Crippen LogP contribution in [0, 0.1) is 23.7 Å². The minimum atomic E-state index is -3.92. The van der Waals surface area contributed by atoms with E-state index < -0.39 is 27.3 Å². The Balaban J connectivity index is 1.30. The van der Waals surface area contributed by atoms with Crippen molar-refractivity contribution < 1.29 is 23.1 Å². The van der Waals surface area contributed by atoms with Gasteiger partial charge in [0, 0.05) is 29.1 Å². The molecule has 2 aliphatic heterocycles. The predicted molar refractivity (Wildman–Crippen MR) is 190 cm³/mol. The number of carbonyl (C=O) groups is 1. The van der Waals surface area contributed by atoms with E-state index in [1.165, 1.54) is 11.1 Å². The Bertz CT molecular complexity index is 1770. The van der Waals surface area contributed by atoms with Gasteiger partial charge in [-0.1, -0.05) is 61.3 Å². The molecular weight excluding hydrogens is 644 g/mol. The lowest BCUT2D eigenvalue weighted by atomic mass is 9.63. The second-order valence-corrected chi connectivity index (χ2v) is 17.4. The summed E-state index contributed by atoms with van der Waals surface area (Å²) in [5, 5.41) is 11.9. The molecule has 9 heteroatoms. The van der Waals surface area contributed by atoms with Gasteiger partial charge in [0.2, 0.25) is 10.0 Å². The minimum absolute atomic E-state index is 0.0541. The summed E-state index contributed by atoms with van der Waals surface area (Å²) in [5.74, 6) is 0.651. The molecule has 4 aliphatic rings. The molecule has 0 radical (unpaired) electrons. The smallest absolute Gasteiger partial charge is 0.264 e. The van der Waals surface area contributed by atoms with E-state index in [9.17, 15) is 18.3 Å². The van der Waals surface area contributed by atoms with Gasteiger partial charge in [-0.3, -0.25) is 4.79 Å². The number of fused-ring (bicyclic) bond motifs is 4. The zero-order chi connectivity index (χ0) is 33.6. The van der Waals surface area contributed by atoms with Crippen molar-refractivity contribution in [3.8, 4) is 5.75 Å². The number of hydrogen-bond acceptors (Lipinski definition) is 6. The highest BCUT2D eigenvalue weighted by Gasteiger charge is 2.45. The molecule has 1 saturated carbocycles. The summed E-state index contributed by atoms with van der Waals surface area (Å²) in [6.45, 7) is 5.60. The van der Waals surface area contributed by atoms with Gasteiger partial charge in [0.25, 0.3) is 5.91 Å². The fourth-order valence-corrected chi connectivity index (χ4v) is 10.4. The van der Waals surface area contributed by atoms with Gasteiger partial charge in [-0.15, -0.1) is 0 Å². The summed E-state index contributed by atoms with van der Waals surface area (Å²) >= 11 is 6.46. The highest BCUT2D eigenvalue weighted by molar-refractivity contribution is 7.90. The summed E-state index contributed by atoms with van der Waals surface area (Å²) < 4.78 is 35.9. The highest BCUT2D eigenvalue weighted by Crippen LogP contribution is 2.50. The lowest BCUT2D eigenvalue weighted by molar-refractivity contribution is 0.000599. The number of aliphatic hydroxyl groups is 1. The lowest BCUT2D eigenvalue weighted by Gasteiger charge is -2.48. The number of aryl methyl sites for hydroxylation is 1. The lowest BCUT2D eigenvalue weighted by Crippen LogP contribution is -2.49. The molecule has 256 valence electrons. The zero-order valence-corrected chi connectivity index (χ0v) is 29.5. The zero-order valence-electron chi connectivity index (χ0n) is 27.9. The topological polar surface area (TPSA) is 95.9 Å². The van der Waals surface area contributed by atoms with Crippen LogP contribution >= 0.6 is 11.6 Å². The number of halogens is 1. The van der Waals surface area contributed by atoms with Gasteiger partial charge >= 0.3 is 0 Å². The van der Waals surface area contributed by atoms with E-state index in [0.717, 1.165) is 67.8 Å². The molecule has 2 N–H and O–H groups in total.